The van der Waals surface area contributed by atoms with Crippen LogP contribution in [0.4, 0.5) is 14.4 Å². The molecule has 0 heterocycles. The van der Waals surface area contributed by atoms with Gasteiger partial charge in [0.05, 0.1) is 18.6 Å². The lowest BCUT2D eigenvalue weighted by atomic mass is 9.62. The van der Waals surface area contributed by atoms with Crippen LogP contribution in [-0.4, -0.2) is 54.6 Å². The molecule has 0 aromatic carbocycles. The van der Waals surface area contributed by atoms with Crippen LogP contribution in [0.15, 0.2) is 0 Å². The zero-order valence-corrected chi connectivity index (χ0v) is 20.5. The fourth-order valence-electron chi connectivity index (χ4n) is 3.29. The molecule has 0 aliphatic carbocycles. The quantitative estimate of drug-likeness (QED) is 0.168. The van der Waals surface area contributed by atoms with Gasteiger partial charge in [-0.05, 0) is 46.0 Å². The molecule has 0 saturated carbocycles. The summed E-state index contributed by atoms with van der Waals surface area (Å²) >= 11 is 0. The summed E-state index contributed by atoms with van der Waals surface area (Å²) in [5.41, 5.74) is -4.25. The van der Waals surface area contributed by atoms with Crippen LogP contribution in [0.2, 0.25) is 0 Å². The SMILES string of the molecule is CCC(COC(=O)O)(C(C)(C)OC(=O)OOCC(C)C)C(C)(C)OC(=O)OOCC(C)C. The van der Waals surface area contributed by atoms with Gasteiger partial charge in [-0.3, -0.25) is 9.78 Å². The summed E-state index contributed by atoms with van der Waals surface area (Å²) in [5, 5.41) is 9.08. The molecule has 11 heteroatoms. The molecule has 0 atom stereocenters. The average Bonchev–Trinajstić information content (AvgIpc) is 2.60. The summed E-state index contributed by atoms with van der Waals surface area (Å²) in [7, 11) is 0. The molecule has 0 rings (SSSR count). The average molecular weight is 467 g/mol. The van der Waals surface area contributed by atoms with Gasteiger partial charge in [-0.15, -0.1) is 0 Å². The van der Waals surface area contributed by atoms with Gasteiger partial charge in [-0.1, -0.05) is 34.6 Å². The van der Waals surface area contributed by atoms with Crippen molar-refractivity contribution in [2.75, 3.05) is 19.8 Å². The Morgan fingerprint density at radius 3 is 1.44 bits per heavy atom. The molecule has 0 aromatic heterocycles. The zero-order valence-electron chi connectivity index (χ0n) is 20.5. The molecule has 188 valence electrons. The molecule has 1 N–H and O–H groups in total. The minimum atomic E-state index is -1.54. The lowest BCUT2D eigenvalue weighted by Gasteiger charge is -2.52. The maximum Gasteiger partial charge on any atom is 0.541 e. The predicted molar refractivity (Wildman–Crippen MR) is 112 cm³/mol. The molecule has 0 saturated heterocycles. The van der Waals surface area contributed by atoms with E-state index in [1.165, 1.54) is 27.7 Å². The third-order valence-electron chi connectivity index (χ3n) is 5.08. The highest BCUT2D eigenvalue weighted by Gasteiger charge is 2.60. The molecule has 0 spiro atoms. The van der Waals surface area contributed by atoms with Crippen LogP contribution in [0, 0.1) is 17.3 Å². The lowest BCUT2D eigenvalue weighted by molar-refractivity contribution is -0.290. The van der Waals surface area contributed by atoms with Gasteiger partial charge in [0, 0.05) is 0 Å². The number of hydrogen-bond donors (Lipinski definition) is 1. The smallest absolute Gasteiger partial charge is 0.450 e. The van der Waals surface area contributed by atoms with Crippen LogP contribution >= 0.6 is 0 Å². The monoisotopic (exact) mass is 466 g/mol. The minimum Gasteiger partial charge on any atom is -0.450 e. The first kappa shape index (κ1) is 29.7. The predicted octanol–water partition coefficient (Wildman–Crippen LogP) is 5.12. The highest BCUT2D eigenvalue weighted by Crippen LogP contribution is 2.49. The first-order chi connectivity index (χ1) is 14.6. The van der Waals surface area contributed by atoms with Crippen molar-refractivity contribution in [3.63, 3.8) is 0 Å². The van der Waals surface area contributed by atoms with Crippen molar-refractivity contribution in [3.8, 4) is 0 Å². The Labute approximate surface area is 189 Å². The van der Waals surface area contributed by atoms with E-state index in [-0.39, 0.29) is 31.5 Å². The number of hydrogen-bond acceptors (Lipinski definition) is 10. The molecule has 0 radical (unpaired) electrons. The van der Waals surface area contributed by atoms with Crippen molar-refractivity contribution < 1.29 is 53.3 Å². The normalized spacial score (nSPS) is 12.5. The number of ether oxygens (including phenoxy) is 3. The summed E-state index contributed by atoms with van der Waals surface area (Å²) < 4.78 is 15.8. The number of rotatable bonds is 13. The fraction of sp³-hybridized carbons (Fsp3) is 0.857. The third kappa shape index (κ3) is 9.07. The van der Waals surface area contributed by atoms with E-state index in [1.54, 1.807) is 6.92 Å². The van der Waals surface area contributed by atoms with E-state index in [0.717, 1.165) is 0 Å². The maximum atomic E-state index is 12.2. The molecule has 0 aliphatic rings. The number of carboxylic acid groups (broad SMARTS) is 1. The minimum absolute atomic E-state index is 0.116. The van der Waals surface area contributed by atoms with E-state index < -0.39 is 41.7 Å². The molecule has 0 aliphatic heterocycles. The topological polar surface area (TPSA) is 136 Å². The molecule has 32 heavy (non-hydrogen) atoms. The van der Waals surface area contributed by atoms with Gasteiger partial charge in [0.25, 0.3) is 0 Å². The second-order valence-corrected chi connectivity index (χ2v) is 9.24. The van der Waals surface area contributed by atoms with Crippen molar-refractivity contribution in [1.29, 1.82) is 0 Å². The van der Waals surface area contributed by atoms with Crippen LogP contribution in [0.3, 0.4) is 0 Å². The first-order valence-corrected chi connectivity index (χ1v) is 10.5. The van der Waals surface area contributed by atoms with Crippen molar-refractivity contribution in [2.24, 2.45) is 17.3 Å². The van der Waals surface area contributed by atoms with Crippen LogP contribution in [0.5, 0.6) is 0 Å². The Balaban J connectivity index is 5.70. The van der Waals surface area contributed by atoms with Gasteiger partial charge in [-0.25, -0.2) is 14.4 Å². The van der Waals surface area contributed by atoms with Gasteiger partial charge >= 0.3 is 18.5 Å². The Morgan fingerprint density at radius 1 is 0.781 bits per heavy atom. The van der Waals surface area contributed by atoms with E-state index in [1.807, 2.05) is 27.7 Å². The van der Waals surface area contributed by atoms with Gasteiger partial charge in [0.15, 0.2) is 0 Å². The molecule has 0 unspecified atom stereocenters. The molecule has 0 fully saturated rings. The van der Waals surface area contributed by atoms with E-state index in [4.69, 9.17) is 29.1 Å². The standard InChI is InChI=1S/C21H38O11/c1-10-21(13-26-16(22)23,19(6,7)29-17(24)31-27-11-14(2)3)20(8,9)30-18(25)32-28-12-15(4)5/h14-15H,10-13H2,1-9H3,(H,22,23). The van der Waals surface area contributed by atoms with Crippen LogP contribution < -0.4 is 0 Å². The largest absolute Gasteiger partial charge is 0.541 e. The Morgan fingerprint density at radius 2 is 1.16 bits per heavy atom. The van der Waals surface area contributed by atoms with Crippen molar-refractivity contribution in [3.05, 3.63) is 0 Å². The van der Waals surface area contributed by atoms with Crippen LogP contribution in [0.1, 0.15) is 68.7 Å². The van der Waals surface area contributed by atoms with Gasteiger partial charge in [0.2, 0.25) is 0 Å². The second kappa shape index (κ2) is 12.7. The van der Waals surface area contributed by atoms with E-state index in [9.17, 15) is 14.4 Å². The van der Waals surface area contributed by atoms with Crippen molar-refractivity contribution in [1.82, 2.24) is 0 Å². The Kier molecular flexibility index (Phi) is 11.8. The van der Waals surface area contributed by atoms with Crippen molar-refractivity contribution in [2.45, 2.75) is 79.9 Å². The fourth-order valence-corrected chi connectivity index (χ4v) is 3.29. The molecule has 11 nitrogen and oxygen atoms in total. The van der Waals surface area contributed by atoms with E-state index >= 15 is 0 Å². The highest BCUT2D eigenvalue weighted by molar-refractivity contribution is 5.61. The number of carbonyl (C=O) groups excluding carboxylic acids is 2. The van der Waals surface area contributed by atoms with E-state index in [2.05, 4.69) is 9.78 Å². The molecule has 0 bridgehead atoms. The Hall–Kier alpha value is -2.27. The summed E-state index contributed by atoms with van der Waals surface area (Å²) in [6, 6.07) is 0. The van der Waals surface area contributed by atoms with E-state index in [0.29, 0.717) is 0 Å². The second-order valence-electron chi connectivity index (χ2n) is 9.24. The van der Waals surface area contributed by atoms with Gasteiger partial charge in [0.1, 0.15) is 17.8 Å². The highest BCUT2D eigenvalue weighted by atomic mass is 17.2. The summed E-state index contributed by atoms with van der Waals surface area (Å²) in [4.78, 5) is 54.6. The van der Waals surface area contributed by atoms with Crippen molar-refractivity contribution >= 4 is 18.5 Å². The third-order valence-corrected chi connectivity index (χ3v) is 5.08. The van der Waals surface area contributed by atoms with Crippen LogP contribution in [-0.2, 0) is 33.8 Å². The first-order valence-electron chi connectivity index (χ1n) is 10.5. The van der Waals surface area contributed by atoms with Gasteiger partial charge in [-0.2, -0.15) is 9.78 Å². The molecular formula is C21H38O11. The molecular weight excluding hydrogens is 428 g/mol. The summed E-state index contributed by atoms with van der Waals surface area (Å²) in [6.07, 6.45) is -3.63. The Bertz CT molecular complexity index is 571. The molecule has 0 amide bonds. The number of carbonyl (C=O) groups is 3. The summed E-state index contributed by atoms with van der Waals surface area (Å²) in [5.74, 6) is 0.233. The van der Waals surface area contributed by atoms with Crippen LogP contribution in [0.25, 0.3) is 0 Å². The molecule has 0 aromatic rings. The lowest BCUT2D eigenvalue weighted by Crippen LogP contribution is -2.62. The summed E-state index contributed by atoms with van der Waals surface area (Å²) in [6.45, 7) is 15.1. The zero-order chi connectivity index (χ0) is 25.2. The maximum absolute atomic E-state index is 12.2. The van der Waals surface area contributed by atoms with Gasteiger partial charge < -0.3 is 19.3 Å².